The van der Waals surface area contributed by atoms with Crippen molar-refractivity contribution in [1.82, 2.24) is 0 Å². The van der Waals surface area contributed by atoms with Crippen LogP contribution in [0.1, 0.15) is 5.56 Å². The van der Waals surface area contributed by atoms with Gasteiger partial charge in [0.15, 0.2) is 0 Å². The monoisotopic (exact) mass is 340 g/mol. The molecule has 0 unspecified atom stereocenters. The molecule has 3 rings (SSSR count). The molecule has 0 radical (unpaired) electrons. The van der Waals surface area contributed by atoms with Gasteiger partial charge in [0.1, 0.15) is 23.0 Å². The average molecular weight is 340 g/mol. The van der Waals surface area contributed by atoms with Gasteiger partial charge in [0.05, 0.1) is 0 Å². The summed E-state index contributed by atoms with van der Waals surface area (Å²) in [6.07, 6.45) is 0. The Morgan fingerprint density at radius 1 is 0.667 bits per heavy atom. The van der Waals surface area contributed by atoms with Gasteiger partial charge in [-0.15, -0.1) is 0 Å². The fourth-order valence-electron chi connectivity index (χ4n) is 2.09. The van der Waals surface area contributed by atoms with Crippen molar-refractivity contribution in [3.63, 3.8) is 0 Å². The first-order chi connectivity index (χ1) is 11.6. The first-order valence-corrected chi connectivity index (χ1v) is 8.81. The first kappa shape index (κ1) is 16.1. The fraction of sp³-hybridized carbons (Fsp3) is 0.0526. The van der Waals surface area contributed by atoms with Crippen molar-refractivity contribution in [3.05, 3.63) is 90.5 Å². The van der Waals surface area contributed by atoms with Gasteiger partial charge in [-0.3, -0.25) is 0 Å². The van der Waals surface area contributed by atoms with Crippen molar-refractivity contribution < 1.29 is 17.3 Å². The minimum atomic E-state index is -3.82. The second-order valence-corrected chi connectivity index (χ2v) is 6.64. The largest absolute Gasteiger partial charge is 0.489 e. The van der Waals surface area contributed by atoms with Gasteiger partial charge in [-0.1, -0.05) is 48.5 Å². The standard InChI is InChI=1S/C19H16O4S/c20-24(21,19-9-5-2-6-10-19)23-18-13-11-17(12-14-18)22-15-16-7-3-1-4-8-16/h1-14H,15H2. The van der Waals surface area contributed by atoms with Crippen molar-refractivity contribution in [2.45, 2.75) is 11.5 Å². The van der Waals surface area contributed by atoms with Gasteiger partial charge in [-0.2, -0.15) is 8.42 Å². The Morgan fingerprint density at radius 2 is 1.21 bits per heavy atom. The number of hydrogen-bond donors (Lipinski definition) is 0. The van der Waals surface area contributed by atoms with Crippen molar-refractivity contribution in [2.75, 3.05) is 0 Å². The Kier molecular flexibility index (Phi) is 4.82. The molecule has 0 aromatic heterocycles. The van der Waals surface area contributed by atoms with E-state index in [4.69, 9.17) is 8.92 Å². The lowest BCUT2D eigenvalue weighted by Gasteiger charge is -2.09. The molecule has 0 N–H and O–H groups in total. The highest BCUT2D eigenvalue weighted by Gasteiger charge is 2.15. The summed E-state index contributed by atoms with van der Waals surface area (Å²) in [5.41, 5.74) is 1.06. The molecule has 4 nitrogen and oxygen atoms in total. The summed E-state index contributed by atoms with van der Waals surface area (Å²) < 4.78 is 35.1. The van der Waals surface area contributed by atoms with Crippen LogP contribution in [0.4, 0.5) is 0 Å². The molecule has 24 heavy (non-hydrogen) atoms. The highest BCUT2D eigenvalue weighted by Crippen LogP contribution is 2.22. The molecule has 0 fully saturated rings. The predicted octanol–water partition coefficient (Wildman–Crippen LogP) is 4.03. The van der Waals surface area contributed by atoms with Gasteiger partial charge in [-0.05, 0) is 42.0 Å². The number of ether oxygens (including phenoxy) is 1. The Morgan fingerprint density at radius 3 is 1.83 bits per heavy atom. The Bertz CT molecular complexity index is 874. The summed E-state index contributed by atoms with van der Waals surface area (Å²) in [4.78, 5) is 0.120. The maximum absolute atomic E-state index is 12.1. The van der Waals surface area contributed by atoms with Crippen LogP contribution in [-0.4, -0.2) is 8.42 Å². The van der Waals surface area contributed by atoms with Gasteiger partial charge in [0.2, 0.25) is 0 Å². The zero-order chi connectivity index (χ0) is 16.8. The van der Waals surface area contributed by atoms with E-state index in [1.165, 1.54) is 12.1 Å². The minimum absolute atomic E-state index is 0.120. The molecule has 0 aliphatic heterocycles. The van der Waals surface area contributed by atoms with E-state index in [0.29, 0.717) is 12.4 Å². The lowest BCUT2D eigenvalue weighted by molar-refractivity contribution is 0.306. The van der Waals surface area contributed by atoms with Crippen molar-refractivity contribution in [3.8, 4) is 11.5 Å². The molecule has 0 heterocycles. The molecular formula is C19H16O4S. The van der Waals surface area contributed by atoms with E-state index in [-0.39, 0.29) is 10.6 Å². The van der Waals surface area contributed by atoms with E-state index in [0.717, 1.165) is 5.56 Å². The normalized spacial score (nSPS) is 11.0. The Balaban J connectivity index is 1.64. The van der Waals surface area contributed by atoms with Crippen LogP contribution in [0.3, 0.4) is 0 Å². The van der Waals surface area contributed by atoms with E-state index in [2.05, 4.69) is 0 Å². The van der Waals surface area contributed by atoms with Gasteiger partial charge in [0, 0.05) is 0 Å². The third kappa shape index (κ3) is 4.14. The van der Waals surface area contributed by atoms with Gasteiger partial charge in [-0.25, -0.2) is 0 Å². The number of hydrogen-bond acceptors (Lipinski definition) is 4. The van der Waals surface area contributed by atoms with Crippen molar-refractivity contribution in [2.24, 2.45) is 0 Å². The highest BCUT2D eigenvalue weighted by molar-refractivity contribution is 7.87. The van der Waals surface area contributed by atoms with Crippen LogP contribution in [0.5, 0.6) is 11.5 Å². The van der Waals surface area contributed by atoms with E-state index in [1.807, 2.05) is 30.3 Å². The van der Waals surface area contributed by atoms with Crippen LogP contribution in [0.25, 0.3) is 0 Å². The minimum Gasteiger partial charge on any atom is -0.489 e. The predicted molar refractivity (Wildman–Crippen MR) is 91.5 cm³/mol. The van der Waals surface area contributed by atoms with E-state index in [1.54, 1.807) is 42.5 Å². The maximum atomic E-state index is 12.1. The van der Waals surface area contributed by atoms with Crippen molar-refractivity contribution >= 4 is 10.1 Å². The summed E-state index contributed by atoms with van der Waals surface area (Å²) in [6, 6.07) is 24.3. The molecule has 0 spiro atoms. The van der Waals surface area contributed by atoms with Crippen LogP contribution >= 0.6 is 0 Å². The summed E-state index contributed by atoms with van der Waals surface area (Å²) in [5, 5.41) is 0. The molecule has 3 aromatic rings. The summed E-state index contributed by atoms with van der Waals surface area (Å²) in [5.74, 6) is 0.884. The third-order valence-electron chi connectivity index (χ3n) is 3.31. The van der Waals surface area contributed by atoms with Crippen molar-refractivity contribution in [1.29, 1.82) is 0 Å². The Labute approximate surface area is 141 Å². The zero-order valence-electron chi connectivity index (χ0n) is 12.8. The second kappa shape index (κ2) is 7.19. The molecule has 3 aromatic carbocycles. The number of rotatable bonds is 6. The van der Waals surface area contributed by atoms with E-state index in [9.17, 15) is 8.42 Å². The average Bonchev–Trinajstić information content (AvgIpc) is 2.62. The molecule has 0 amide bonds. The number of benzene rings is 3. The topological polar surface area (TPSA) is 52.6 Å². The second-order valence-electron chi connectivity index (χ2n) is 5.10. The van der Waals surface area contributed by atoms with Gasteiger partial charge >= 0.3 is 10.1 Å². The highest BCUT2D eigenvalue weighted by atomic mass is 32.2. The van der Waals surface area contributed by atoms with E-state index >= 15 is 0 Å². The molecule has 0 atom stereocenters. The molecule has 0 aliphatic rings. The molecule has 0 saturated heterocycles. The summed E-state index contributed by atoms with van der Waals surface area (Å²) >= 11 is 0. The van der Waals surface area contributed by atoms with Crippen LogP contribution < -0.4 is 8.92 Å². The van der Waals surface area contributed by atoms with Crippen LogP contribution in [0, 0.1) is 0 Å². The lowest BCUT2D eigenvalue weighted by Crippen LogP contribution is -2.09. The maximum Gasteiger partial charge on any atom is 0.339 e. The molecule has 0 saturated carbocycles. The molecule has 0 bridgehead atoms. The van der Waals surface area contributed by atoms with Gasteiger partial charge in [0.25, 0.3) is 0 Å². The first-order valence-electron chi connectivity index (χ1n) is 7.40. The molecular weight excluding hydrogens is 324 g/mol. The SMILES string of the molecule is O=S(=O)(Oc1ccc(OCc2ccccc2)cc1)c1ccccc1. The summed E-state index contributed by atoms with van der Waals surface area (Å²) in [6.45, 7) is 0.448. The van der Waals surface area contributed by atoms with Crippen LogP contribution in [-0.2, 0) is 16.7 Å². The smallest absolute Gasteiger partial charge is 0.339 e. The lowest BCUT2D eigenvalue weighted by atomic mass is 10.2. The van der Waals surface area contributed by atoms with Crippen LogP contribution in [0.2, 0.25) is 0 Å². The third-order valence-corrected chi connectivity index (χ3v) is 4.57. The van der Waals surface area contributed by atoms with Gasteiger partial charge < -0.3 is 8.92 Å². The van der Waals surface area contributed by atoms with Crippen LogP contribution in [0.15, 0.2) is 89.8 Å². The zero-order valence-corrected chi connectivity index (χ0v) is 13.6. The summed E-state index contributed by atoms with van der Waals surface area (Å²) in [7, 11) is -3.82. The molecule has 0 aliphatic carbocycles. The molecule has 5 heteroatoms. The Hall–Kier alpha value is -2.79. The quantitative estimate of drug-likeness (QED) is 0.636. The fourth-order valence-corrected chi connectivity index (χ4v) is 3.05. The molecule has 122 valence electrons. The van der Waals surface area contributed by atoms with E-state index < -0.39 is 10.1 Å².